The van der Waals surface area contributed by atoms with Gasteiger partial charge in [0.25, 0.3) is 0 Å². The molecule has 1 aliphatic heterocycles. The molecule has 3 aromatic carbocycles. The van der Waals surface area contributed by atoms with Crippen LogP contribution >= 0.6 is 0 Å². The number of hydrogen-bond donors (Lipinski definition) is 1. The number of amides is 1. The summed E-state index contributed by atoms with van der Waals surface area (Å²) in [5.74, 6) is 0.490. The van der Waals surface area contributed by atoms with Gasteiger partial charge in [-0.1, -0.05) is 112 Å². The van der Waals surface area contributed by atoms with Crippen molar-refractivity contribution in [2.24, 2.45) is 4.99 Å². The van der Waals surface area contributed by atoms with Gasteiger partial charge < -0.3 is 14.5 Å². The third-order valence-corrected chi connectivity index (χ3v) is 12.2. The van der Waals surface area contributed by atoms with Crippen LogP contribution in [0.2, 0.25) is 18.1 Å². The van der Waals surface area contributed by atoms with Gasteiger partial charge in [0.2, 0.25) is 5.96 Å². The Morgan fingerprint density at radius 1 is 0.923 bits per heavy atom. The third-order valence-electron chi connectivity index (χ3n) is 7.74. The predicted molar refractivity (Wildman–Crippen MR) is 160 cm³/mol. The molecule has 0 unspecified atom stereocenters. The average molecular weight is 544 g/mol. The molecule has 0 fully saturated rings. The second-order valence-electron chi connectivity index (χ2n) is 11.4. The number of carbonyl (C=O) groups excluding carboxylic acids is 1. The van der Waals surface area contributed by atoms with Gasteiger partial charge in [-0.3, -0.25) is 0 Å². The molecule has 1 heterocycles. The molecule has 3 atom stereocenters. The van der Waals surface area contributed by atoms with Gasteiger partial charge in [-0.25, -0.2) is 14.7 Å². The predicted octanol–water partition coefficient (Wildman–Crippen LogP) is 7.65. The zero-order chi connectivity index (χ0) is 28.0. The molecule has 0 bridgehead atoms. The first-order valence-electron chi connectivity index (χ1n) is 13.7. The molecular weight excluding hydrogens is 502 g/mol. The Morgan fingerprint density at radius 3 is 2.00 bits per heavy atom. The molecule has 1 amide bonds. The van der Waals surface area contributed by atoms with Gasteiger partial charge in [0, 0.05) is 0 Å². The molecule has 0 saturated heterocycles. The molecular formula is C32H41N3O3Si. The second-order valence-corrected chi connectivity index (χ2v) is 16.2. The number of nitrogens with one attached hydrogen (secondary N) is 1. The Labute approximate surface area is 234 Å². The van der Waals surface area contributed by atoms with E-state index in [1.54, 1.807) is 4.90 Å². The minimum Gasteiger partial charge on any atom is -0.449 e. The highest BCUT2D eigenvalue weighted by atomic mass is 28.4. The minimum absolute atomic E-state index is 0.0763. The summed E-state index contributed by atoms with van der Waals surface area (Å²) >= 11 is 0. The zero-order valence-corrected chi connectivity index (χ0v) is 24.9. The first-order chi connectivity index (χ1) is 18.6. The molecule has 0 spiro atoms. The van der Waals surface area contributed by atoms with Crippen LogP contribution in [-0.4, -0.2) is 38.5 Å². The first-order valence-corrected chi connectivity index (χ1v) is 16.6. The average Bonchev–Trinajstić information content (AvgIpc) is 3.31. The molecule has 0 radical (unpaired) electrons. The fourth-order valence-electron chi connectivity index (χ4n) is 4.50. The number of guanidine groups is 1. The van der Waals surface area contributed by atoms with E-state index in [2.05, 4.69) is 63.4 Å². The summed E-state index contributed by atoms with van der Waals surface area (Å²) < 4.78 is 12.3. The Kier molecular flexibility index (Phi) is 8.93. The molecule has 206 valence electrons. The molecule has 1 aliphatic rings. The minimum atomic E-state index is -2.03. The lowest BCUT2D eigenvalue weighted by atomic mass is 9.94. The van der Waals surface area contributed by atoms with E-state index < -0.39 is 14.4 Å². The quantitative estimate of drug-likeness (QED) is 0.296. The topological polar surface area (TPSA) is 63.2 Å². The van der Waals surface area contributed by atoms with Gasteiger partial charge in [-0.15, -0.1) is 0 Å². The van der Waals surface area contributed by atoms with Gasteiger partial charge in [-0.05, 0) is 41.7 Å². The van der Waals surface area contributed by atoms with Crippen molar-refractivity contribution in [1.82, 2.24) is 10.2 Å². The van der Waals surface area contributed by atoms with Crippen LogP contribution in [0.3, 0.4) is 0 Å². The number of nitrogens with zero attached hydrogens (tertiary/aromatic N) is 2. The van der Waals surface area contributed by atoms with Gasteiger partial charge in [0.15, 0.2) is 8.32 Å². The van der Waals surface area contributed by atoms with E-state index in [1.807, 2.05) is 73.7 Å². The van der Waals surface area contributed by atoms with Crippen LogP contribution in [0.4, 0.5) is 4.79 Å². The summed E-state index contributed by atoms with van der Waals surface area (Å²) in [6.45, 7) is 13.8. The van der Waals surface area contributed by atoms with E-state index in [9.17, 15) is 4.79 Å². The highest BCUT2D eigenvalue weighted by Crippen LogP contribution is 2.43. The molecule has 6 nitrogen and oxygen atoms in total. The van der Waals surface area contributed by atoms with Gasteiger partial charge in [-0.2, -0.15) is 0 Å². The summed E-state index contributed by atoms with van der Waals surface area (Å²) in [6.07, 6.45) is -0.423. The fourth-order valence-corrected chi connectivity index (χ4v) is 5.51. The maximum atomic E-state index is 13.5. The Bertz CT molecular complexity index is 1240. The highest BCUT2D eigenvalue weighted by molar-refractivity contribution is 6.74. The van der Waals surface area contributed by atoms with E-state index in [-0.39, 0.29) is 29.8 Å². The van der Waals surface area contributed by atoms with E-state index in [1.165, 1.54) is 0 Å². The SMILES string of the molecule is CCOC(=O)N1C(N[C@H](CO[Si](C)(C)C(C)(C)C)c2ccccc2)=N[C@@H](c2ccccc2)[C@@H]1c1ccccc1. The number of hydrogen-bond acceptors (Lipinski definition) is 5. The number of carbonyl (C=O) groups is 1. The van der Waals surface area contributed by atoms with E-state index in [0.717, 1.165) is 16.7 Å². The van der Waals surface area contributed by atoms with E-state index >= 15 is 0 Å². The molecule has 4 rings (SSSR count). The van der Waals surface area contributed by atoms with Crippen LogP contribution in [0.1, 0.15) is 62.5 Å². The van der Waals surface area contributed by atoms with Gasteiger partial charge in [0.1, 0.15) is 6.04 Å². The van der Waals surface area contributed by atoms with Gasteiger partial charge in [0.05, 0.1) is 25.3 Å². The number of aliphatic imine (C=N–C) groups is 1. The van der Waals surface area contributed by atoms with Crippen molar-refractivity contribution >= 4 is 20.4 Å². The normalized spacial score (nSPS) is 18.4. The maximum absolute atomic E-state index is 13.5. The van der Waals surface area contributed by atoms with Crippen LogP contribution in [0.25, 0.3) is 0 Å². The van der Waals surface area contributed by atoms with E-state index in [0.29, 0.717) is 12.6 Å². The van der Waals surface area contributed by atoms with Gasteiger partial charge >= 0.3 is 6.09 Å². The Hall–Kier alpha value is -3.42. The Balaban J connectivity index is 1.75. The number of rotatable bonds is 8. The number of benzene rings is 3. The fraction of sp³-hybridized carbons (Fsp3) is 0.375. The monoisotopic (exact) mass is 543 g/mol. The standard InChI is InChI=1S/C32H41N3O3Si/c1-7-37-31(36)35-29(26-21-15-10-16-22-26)28(25-19-13-9-14-20-25)34-30(35)33-27(24-17-11-8-12-18-24)23-38-39(5,6)32(2,3)4/h8-22,27-29H,7,23H2,1-6H3,(H,33,34)/t27-,28+,29+/m1/s1. The summed E-state index contributed by atoms with van der Waals surface area (Å²) in [4.78, 5) is 20.4. The molecule has 0 aliphatic carbocycles. The lowest BCUT2D eigenvalue weighted by Gasteiger charge is -2.38. The molecule has 1 N–H and O–H groups in total. The van der Waals surface area contributed by atoms with Crippen molar-refractivity contribution in [1.29, 1.82) is 0 Å². The molecule has 7 heteroatoms. The first kappa shape index (κ1) is 28.6. The van der Waals surface area contributed by atoms with E-state index in [4.69, 9.17) is 14.2 Å². The lowest BCUT2D eigenvalue weighted by Crippen LogP contribution is -2.48. The molecule has 3 aromatic rings. The van der Waals surface area contributed by atoms with Crippen molar-refractivity contribution < 1.29 is 14.0 Å². The summed E-state index contributed by atoms with van der Waals surface area (Å²) in [5, 5.41) is 3.69. The van der Waals surface area contributed by atoms with Crippen molar-refractivity contribution in [3.63, 3.8) is 0 Å². The largest absolute Gasteiger partial charge is 0.449 e. The molecule has 0 saturated carbocycles. The van der Waals surface area contributed by atoms with Crippen molar-refractivity contribution in [3.8, 4) is 0 Å². The third kappa shape index (κ3) is 6.60. The van der Waals surface area contributed by atoms with Crippen molar-refractivity contribution in [3.05, 3.63) is 108 Å². The molecule has 39 heavy (non-hydrogen) atoms. The zero-order valence-electron chi connectivity index (χ0n) is 23.9. The van der Waals surface area contributed by atoms with Crippen LogP contribution in [-0.2, 0) is 9.16 Å². The summed E-state index contributed by atoms with van der Waals surface area (Å²) in [7, 11) is -2.03. The maximum Gasteiger partial charge on any atom is 0.417 e. The number of ether oxygens (including phenoxy) is 1. The summed E-state index contributed by atoms with van der Waals surface area (Å²) in [5.41, 5.74) is 3.10. The van der Waals surface area contributed by atoms with Crippen LogP contribution < -0.4 is 5.32 Å². The van der Waals surface area contributed by atoms with Crippen molar-refractivity contribution in [2.75, 3.05) is 13.2 Å². The van der Waals surface area contributed by atoms with Crippen LogP contribution in [0.15, 0.2) is 96.0 Å². The Morgan fingerprint density at radius 2 is 1.46 bits per heavy atom. The van der Waals surface area contributed by atoms with Crippen LogP contribution in [0, 0.1) is 0 Å². The second kappa shape index (κ2) is 12.2. The smallest absolute Gasteiger partial charge is 0.417 e. The summed E-state index contributed by atoms with van der Waals surface area (Å²) in [6, 6.07) is 29.5. The van der Waals surface area contributed by atoms with Crippen molar-refractivity contribution in [2.45, 2.75) is 64.0 Å². The lowest BCUT2D eigenvalue weighted by molar-refractivity contribution is 0.116. The highest BCUT2D eigenvalue weighted by Gasteiger charge is 2.44. The molecule has 0 aromatic heterocycles. The van der Waals surface area contributed by atoms with Crippen LogP contribution in [0.5, 0.6) is 0 Å².